The first kappa shape index (κ1) is 16.2. The lowest BCUT2D eigenvalue weighted by molar-refractivity contribution is -0.0510. The largest absolute Gasteiger partial charge is 0.522 e. The smallest absolute Gasteiger partial charge is 0.322 e. The highest BCUT2D eigenvalue weighted by Crippen LogP contribution is 2.20. The van der Waals surface area contributed by atoms with Crippen molar-refractivity contribution >= 4 is 21.9 Å². The summed E-state index contributed by atoms with van der Waals surface area (Å²) < 4.78 is 57.5. The second kappa shape index (κ2) is 6.84. The van der Waals surface area contributed by atoms with Gasteiger partial charge in [0.2, 0.25) is 0 Å². The minimum atomic E-state index is -5.84. The van der Waals surface area contributed by atoms with Gasteiger partial charge < -0.3 is 5.73 Å². The molecule has 0 heterocycles. The zero-order valence-electron chi connectivity index (χ0n) is 8.39. The Kier molecular flexibility index (Phi) is 6.53. The molecular weight excluding hydrogens is 279 g/mol. The average molecular weight is 289 g/mol. The Balaban J connectivity index is 0.000000304. The van der Waals surface area contributed by atoms with Crippen LogP contribution in [0.2, 0.25) is 0 Å². The van der Waals surface area contributed by atoms with Crippen molar-refractivity contribution in [2.24, 2.45) is 5.73 Å². The third-order valence-electron chi connectivity index (χ3n) is 1.29. The second-order valence-electron chi connectivity index (χ2n) is 2.54. The molecule has 0 fully saturated rings. The Morgan fingerprint density at radius 1 is 1.24 bits per heavy atom. The van der Waals surface area contributed by atoms with Crippen LogP contribution in [0.25, 0.3) is 0 Å². The molecule has 4 nitrogen and oxygen atoms in total. The number of hydrogen-bond acceptors (Lipinski definition) is 4. The maximum atomic E-state index is 10.7. The third kappa shape index (κ3) is 7.21. The van der Waals surface area contributed by atoms with Gasteiger partial charge in [-0.2, -0.15) is 21.6 Å². The van der Waals surface area contributed by atoms with Crippen LogP contribution in [0, 0.1) is 0 Å². The van der Waals surface area contributed by atoms with Crippen LogP contribution in [0.1, 0.15) is 0 Å². The molecular formula is C8H10F3NO3S2. The summed E-state index contributed by atoms with van der Waals surface area (Å²) >= 11 is 1.65. The van der Waals surface area contributed by atoms with Crippen LogP contribution in [0.15, 0.2) is 35.2 Å². The minimum absolute atomic E-state index is 0.657. The molecule has 98 valence electrons. The van der Waals surface area contributed by atoms with Crippen molar-refractivity contribution in [3.05, 3.63) is 30.3 Å². The molecule has 0 unspecified atom stereocenters. The van der Waals surface area contributed by atoms with Crippen molar-refractivity contribution in [1.29, 1.82) is 0 Å². The number of thioether (sulfide) groups is 1. The normalized spacial score (nSPS) is 11.6. The summed E-state index contributed by atoms with van der Waals surface area (Å²) in [4.78, 5) is 1.24. The van der Waals surface area contributed by atoms with E-state index in [1.54, 1.807) is 11.8 Å². The van der Waals surface area contributed by atoms with Gasteiger partial charge in [0.1, 0.15) is 0 Å². The number of benzene rings is 1. The summed E-state index contributed by atoms with van der Waals surface area (Å²) in [6.07, 6.45) is 0. The van der Waals surface area contributed by atoms with Crippen LogP contribution in [0.4, 0.5) is 13.2 Å². The first-order valence-corrected chi connectivity index (χ1v) is 6.52. The fourth-order valence-corrected chi connectivity index (χ4v) is 1.15. The predicted octanol–water partition coefficient (Wildman–Crippen LogP) is 2.09. The van der Waals surface area contributed by atoms with Crippen LogP contribution in [0.5, 0.6) is 0 Å². The van der Waals surface area contributed by atoms with Crippen molar-refractivity contribution < 1.29 is 26.1 Å². The molecule has 0 bridgehead atoms. The number of alkyl halides is 3. The zero-order chi connectivity index (χ0) is 13.5. The van der Waals surface area contributed by atoms with E-state index in [0.717, 1.165) is 0 Å². The predicted molar refractivity (Wildman–Crippen MR) is 59.0 cm³/mol. The Hall–Kier alpha value is -0.770. The van der Waals surface area contributed by atoms with Crippen LogP contribution in [-0.2, 0) is 10.1 Å². The van der Waals surface area contributed by atoms with Crippen LogP contribution >= 0.6 is 11.8 Å². The lowest BCUT2D eigenvalue weighted by atomic mass is 10.4. The molecule has 0 spiro atoms. The summed E-state index contributed by atoms with van der Waals surface area (Å²) in [5.41, 5.74) is -0.211. The highest BCUT2D eigenvalue weighted by molar-refractivity contribution is 7.99. The summed E-state index contributed by atoms with van der Waals surface area (Å²) in [7, 11) is -5.84. The van der Waals surface area contributed by atoms with E-state index in [1.165, 1.54) is 4.90 Å². The molecule has 0 aliphatic heterocycles. The summed E-state index contributed by atoms with van der Waals surface area (Å²) in [6.45, 7) is 0. The molecule has 0 amide bonds. The van der Waals surface area contributed by atoms with E-state index in [9.17, 15) is 13.2 Å². The van der Waals surface area contributed by atoms with Gasteiger partial charge in [-0.25, -0.2) is 0 Å². The molecule has 1 aromatic rings. The van der Waals surface area contributed by atoms with E-state index in [4.69, 9.17) is 18.7 Å². The lowest BCUT2D eigenvalue weighted by Gasteiger charge is -1.97. The SMILES string of the molecule is NCSc1ccccc1.O=S(=O)(O)C(F)(F)F. The lowest BCUT2D eigenvalue weighted by Crippen LogP contribution is -2.21. The first-order valence-electron chi connectivity index (χ1n) is 4.10. The highest BCUT2D eigenvalue weighted by Gasteiger charge is 2.44. The summed E-state index contributed by atoms with van der Waals surface area (Å²) in [6, 6.07) is 10.1. The molecule has 1 aromatic carbocycles. The van der Waals surface area contributed by atoms with E-state index < -0.39 is 15.6 Å². The van der Waals surface area contributed by atoms with E-state index in [0.29, 0.717) is 5.88 Å². The van der Waals surface area contributed by atoms with Crippen LogP contribution < -0.4 is 5.73 Å². The van der Waals surface area contributed by atoms with Crippen molar-refractivity contribution in [2.75, 3.05) is 5.88 Å². The van der Waals surface area contributed by atoms with Gasteiger partial charge in [0.05, 0.1) is 0 Å². The van der Waals surface area contributed by atoms with Crippen molar-refractivity contribution in [3.8, 4) is 0 Å². The molecule has 0 radical (unpaired) electrons. The molecule has 0 saturated heterocycles. The van der Waals surface area contributed by atoms with E-state index in [1.807, 2.05) is 18.2 Å². The molecule has 0 aliphatic rings. The standard InChI is InChI=1S/C7H9NS.CHF3O3S/c8-6-9-7-4-2-1-3-5-7;2-1(3,4)8(5,6)7/h1-5H,6,8H2;(H,5,6,7). The Morgan fingerprint density at radius 3 is 1.94 bits per heavy atom. The van der Waals surface area contributed by atoms with Gasteiger partial charge in [0.15, 0.2) is 0 Å². The Morgan fingerprint density at radius 2 is 1.65 bits per heavy atom. The van der Waals surface area contributed by atoms with Gasteiger partial charge >= 0.3 is 15.6 Å². The fraction of sp³-hybridized carbons (Fsp3) is 0.250. The fourth-order valence-electron chi connectivity index (χ4n) is 0.613. The quantitative estimate of drug-likeness (QED) is 0.377. The van der Waals surface area contributed by atoms with Gasteiger partial charge in [0.25, 0.3) is 0 Å². The number of hydrogen-bond donors (Lipinski definition) is 2. The maximum Gasteiger partial charge on any atom is 0.522 e. The number of halogens is 3. The summed E-state index contributed by atoms with van der Waals surface area (Å²) in [5.74, 6) is 0.657. The Labute approximate surface area is 101 Å². The van der Waals surface area contributed by atoms with Gasteiger partial charge in [-0.05, 0) is 12.1 Å². The average Bonchev–Trinajstić information content (AvgIpc) is 2.17. The minimum Gasteiger partial charge on any atom is -0.322 e. The number of nitrogens with two attached hydrogens (primary N) is 1. The molecule has 0 saturated carbocycles. The first-order chi connectivity index (χ1) is 7.68. The second-order valence-corrected chi connectivity index (χ2v) is 5.05. The molecule has 0 atom stereocenters. The van der Waals surface area contributed by atoms with Gasteiger partial charge in [-0.3, -0.25) is 4.55 Å². The van der Waals surface area contributed by atoms with E-state index in [2.05, 4.69) is 12.1 Å². The third-order valence-corrected chi connectivity index (χ3v) is 2.64. The maximum absolute atomic E-state index is 10.7. The molecule has 9 heteroatoms. The topological polar surface area (TPSA) is 80.4 Å². The van der Waals surface area contributed by atoms with Crippen LogP contribution in [0.3, 0.4) is 0 Å². The van der Waals surface area contributed by atoms with Gasteiger partial charge in [-0.1, -0.05) is 18.2 Å². The van der Waals surface area contributed by atoms with Crippen molar-refractivity contribution in [1.82, 2.24) is 0 Å². The number of rotatable bonds is 2. The van der Waals surface area contributed by atoms with Crippen molar-refractivity contribution in [2.45, 2.75) is 10.4 Å². The molecule has 3 N–H and O–H groups in total. The van der Waals surface area contributed by atoms with Gasteiger partial charge in [0, 0.05) is 10.8 Å². The molecule has 1 rings (SSSR count). The zero-order valence-corrected chi connectivity index (χ0v) is 10.0. The molecule has 17 heavy (non-hydrogen) atoms. The van der Waals surface area contributed by atoms with Gasteiger partial charge in [-0.15, -0.1) is 11.8 Å². The van der Waals surface area contributed by atoms with E-state index >= 15 is 0 Å². The monoisotopic (exact) mass is 289 g/mol. The van der Waals surface area contributed by atoms with Crippen LogP contribution in [-0.4, -0.2) is 24.4 Å². The Bertz CT molecular complexity index is 419. The van der Waals surface area contributed by atoms with Crippen molar-refractivity contribution in [3.63, 3.8) is 0 Å². The highest BCUT2D eigenvalue weighted by atomic mass is 32.2. The molecule has 0 aliphatic carbocycles. The molecule has 0 aromatic heterocycles. The summed E-state index contributed by atoms with van der Waals surface area (Å²) in [5, 5.41) is 0. The van der Waals surface area contributed by atoms with E-state index in [-0.39, 0.29) is 0 Å².